The highest BCUT2D eigenvalue weighted by Gasteiger charge is 2.21. The van der Waals surface area contributed by atoms with Crippen molar-refractivity contribution in [2.24, 2.45) is 0 Å². The predicted octanol–water partition coefficient (Wildman–Crippen LogP) is 0.183. The molecule has 1 aromatic rings. The van der Waals surface area contributed by atoms with Crippen LogP contribution in [-0.2, 0) is 11.5 Å². The highest BCUT2D eigenvalue weighted by atomic mass is 16.6. The molecule has 0 spiro atoms. The SMILES string of the molecule is CC(C)(C)OC(=O)c1cnnn1CO. The lowest BCUT2D eigenvalue weighted by atomic mass is 10.2. The maximum Gasteiger partial charge on any atom is 0.358 e. The van der Waals surface area contributed by atoms with Crippen molar-refractivity contribution in [1.29, 1.82) is 0 Å². The summed E-state index contributed by atoms with van der Waals surface area (Å²) in [7, 11) is 0. The summed E-state index contributed by atoms with van der Waals surface area (Å²) < 4.78 is 6.14. The molecule has 0 fully saturated rings. The third kappa shape index (κ3) is 2.53. The smallest absolute Gasteiger partial charge is 0.358 e. The van der Waals surface area contributed by atoms with Crippen molar-refractivity contribution in [2.45, 2.75) is 33.1 Å². The highest BCUT2D eigenvalue weighted by molar-refractivity contribution is 5.87. The topological polar surface area (TPSA) is 77.2 Å². The third-order valence-electron chi connectivity index (χ3n) is 1.36. The first kappa shape index (κ1) is 10.6. The van der Waals surface area contributed by atoms with E-state index < -0.39 is 18.3 Å². The fourth-order valence-electron chi connectivity index (χ4n) is 0.851. The number of aliphatic hydroxyl groups is 1. The van der Waals surface area contributed by atoms with Crippen molar-refractivity contribution in [2.75, 3.05) is 0 Å². The molecule has 78 valence electrons. The van der Waals surface area contributed by atoms with Gasteiger partial charge >= 0.3 is 5.97 Å². The molecule has 0 aliphatic heterocycles. The van der Waals surface area contributed by atoms with Crippen molar-refractivity contribution in [1.82, 2.24) is 15.0 Å². The van der Waals surface area contributed by atoms with Gasteiger partial charge in [0.25, 0.3) is 0 Å². The van der Waals surface area contributed by atoms with Crippen LogP contribution in [0.25, 0.3) is 0 Å². The first-order chi connectivity index (χ1) is 6.44. The van der Waals surface area contributed by atoms with Gasteiger partial charge in [0.2, 0.25) is 0 Å². The lowest BCUT2D eigenvalue weighted by molar-refractivity contribution is 0.00472. The molecule has 0 saturated heterocycles. The molecule has 1 aromatic heterocycles. The number of aromatic nitrogens is 3. The van der Waals surface area contributed by atoms with Gasteiger partial charge < -0.3 is 9.84 Å². The molecule has 6 nitrogen and oxygen atoms in total. The normalized spacial score (nSPS) is 11.4. The Kier molecular flexibility index (Phi) is 2.85. The Morgan fingerprint density at radius 2 is 2.29 bits per heavy atom. The molecule has 0 aliphatic rings. The van der Waals surface area contributed by atoms with E-state index in [1.807, 2.05) is 0 Å². The Bertz CT molecular complexity index is 327. The standard InChI is InChI=1S/C8H13N3O3/c1-8(2,3)14-7(13)6-4-9-10-11(6)5-12/h4,12H,5H2,1-3H3. The molecule has 1 N–H and O–H groups in total. The van der Waals surface area contributed by atoms with Gasteiger partial charge in [0, 0.05) is 0 Å². The predicted molar refractivity (Wildman–Crippen MR) is 47.4 cm³/mol. The highest BCUT2D eigenvalue weighted by Crippen LogP contribution is 2.10. The number of ether oxygens (including phenoxy) is 1. The van der Waals surface area contributed by atoms with Crippen LogP contribution in [-0.4, -0.2) is 31.7 Å². The Morgan fingerprint density at radius 1 is 1.64 bits per heavy atom. The molecular formula is C8H13N3O3. The van der Waals surface area contributed by atoms with Crippen molar-refractivity contribution >= 4 is 5.97 Å². The molecule has 14 heavy (non-hydrogen) atoms. The fraction of sp³-hybridized carbons (Fsp3) is 0.625. The molecular weight excluding hydrogens is 186 g/mol. The second kappa shape index (κ2) is 3.75. The average Bonchev–Trinajstić information content (AvgIpc) is 2.47. The molecule has 0 atom stereocenters. The number of carbonyl (C=O) groups is 1. The van der Waals surface area contributed by atoms with Crippen molar-refractivity contribution < 1.29 is 14.6 Å². The number of carbonyl (C=O) groups excluding carboxylic acids is 1. The summed E-state index contributed by atoms with van der Waals surface area (Å²) in [6.45, 7) is 4.89. The minimum absolute atomic E-state index is 0.141. The van der Waals surface area contributed by atoms with E-state index >= 15 is 0 Å². The second-order valence-corrected chi connectivity index (χ2v) is 3.76. The molecule has 0 unspecified atom stereocenters. The number of hydrogen-bond donors (Lipinski definition) is 1. The molecule has 0 amide bonds. The van der Waals surface area contributed by atoms with Gasteiger partial charge in [0.15, 0.2) is 5.69 Å². The van der Waals surface area contributed by atoms with Crippen LogP contribution in [0.5, 0.6) is 0 Å². The lowest BCUT2D eigenvalue weighted by Crippen LogP contribution is -2.25. The maximum atomic E-state index is 11.5. The van der Waals surface area contributed by atoms with E-state index in [-0.39, 0.29) is 5.69 Å². The first-order valence-corrected chi connectivity index (χ1v) is 4.17. The monoisotopic (exact) mass is 199 g/mol. The summed E-state index contributed by atoms with van der Waals surface area (Å²) in [5.74, 6) is -0.545. The van der Waals surface area contributed by atoms with E-state index in [1.165, 1.54) is 6.20 Å². The lowest BCUT2D eigenvalue weighted by Gasteiger charge is -2.19. The van der Waals surface area contributed by atoms with E-state index in [2.05, 4.69) is 10.3 Å². The van der Waals surface area contributed by atoms with E-state index in [0.29, 0.717) is 0 Å². The van der Waals surface area contributed by atoms with Crippen LogP contribution in [0.2, 0.25) is 0 Å². The van der Waals surface area contributed by atoms with Gasteiger partial charge in [-0.15, -0.1) is 5.10 Å². The molecule has 0 aliphatic carbocycles. The molecule has 6 heteroatoms. The molecule has 0 aromatic carbocycles. The summed E-state index contributed by atoms with van der Waals surface area (Å²) >= 11 is 0. The Hall–Kier alpha value is -1.43. The largest absolute Gasteiger partial charge is 0.455 e. The van der Waals surface area contributed by atoms with Crippen LogP contribution in [0.1, 0.15) is 31.3 Å². The fourth-order valence-corrected chi connectivity index (χ4v) is 0.851. The number of aliphatic hydroxyl groups excluding tert-OH is 1. The van der Waals surface area contributed by atoms with Gasteiger partial charge in [-0.2, -0.15) is 0 Å². The van der Waals surface area contributed by atoms with Gasteiger partial charge in [-0.3, -0.25) is 0 Å². The minimum Gasteiger partial charge on any atom is -0.455 e. The van der Waals surface area contributed by atoms with Crippen molar-refractivity contribution in [3.8, 4) is 0 Å². The van der Waals surface area contributed by atoms with Crippen LogP contribution in [0, 0.1) is 0 Å². The zero-order chi connectivity index (χ0) is 10.8. The number of nitrogens with zero attached hydrogens (tertiary/aromatic N) is 3. The van der Waals surface area contributed by atoms with Crippen LogP contribution in [0.15, 0.2) is 6.20 Å². The van der Waals surface area contributed by atoms with Gasteiger partial charge in [-0.25, -0.2) is 9.48 Å². The molecule has 0 saturated carbocycles. The van der Waals surface area contributed by atoms with Crippen LogP contribution in [0.4, 0.5) is 0 Å². The van der Waals surface area contributed by atoms with E-state index in [4.69, 9.17) is 9.84 Å². The molecule has 0 radical (unpaired) electrons. The van der Waals surface area contributed by atoms with Crippen molar-refractivity contribution in [3.63, 3.8) is 0 Å². The quantitative estimate of drug-likeness (QED) is 0.687. The molecule has 0 bridgehead atoms. The van der Waals surface area contributed by atoms with Gasteiger partial charge in [-0.05, 0) is 20.8 Å². The third-order valence-corrected chi connectivity index (χ3v) is 1.36. The van der Waals surface area contributed by atoms with Crippen LogP contribution < -0.4 is 0 Å². The Balaban J connectivity index is 2.80. The van der Waals surface area contributed by atoms with Crippen LogP contribution in [0.3, 0.4) is 0 Å². The number of esters is 1. The zero-order valence-electron chi connectivity index (χ0n) is 8.39. The summed E-state index contributed by atoms with van der Waals surface area (Å²) in [5.41, 5.74) is -0.427. The van der Waals surface area contributed by atoms with E-state index in [0.717, 1.165) is 4.68 Å². The summed E-state index contributed by atoms with van der Waals surface area (Å²) in [4.78, 5) is 11.5. The summed E-state index contributed by atoms with van der Waals surface area (Å²) in [5, 5.41) is 15.8. The van der Waals surface area contributed by atoms with E-state index in [1.54, 1.807) is 20.8 Å². The summed E-state index contributed by atoms with van der Waals surface area (Å²) in [6, 6.07) is 0. The van der Waals surface area contributed by atoms with E-state index in [9.17, 15) is 4.79 Å². The zero-order valence-corrected chi connectivity index (χ0v) is 8.39. The van der Waals surface area contributed by atoms with Gasteiger partial charge in [-0.1, -0.05) is 5.21 Å². The maximum absolute atomic E-state index is 11.5. The van der Waals surface area contributed by atoms with Crippen LogP contribution >= 0.6 is 0 Å². The van der Waals surface area contributed by atoms with Gasteiger partial charge in [0.1, 0.15) is 12.3 Å². The van der Waals surface area contributed by atoms with Crippen molar-refractivity contribution in [3.05, 3.63) is 11.9 Å². The number of rotatable bonds is 2. The molecule has 1 heterocycles. The Morgan fingerprint density at radius 3 is 2.79 bits per heavy atom. The molecule has 1 rings (SSSR count). The van der Waals surface area contributed by atoms with Gasteiger partial charge in [0.05, 0.1) is 6.20 Å². The second-order valence-electron chi connectivity index (χ2n) is 3.76. The minimum atomic E-state index is -0.568. The first-order valence-electron chi connectivity index (χ1n) is 4.17. The average molecular weight is 199 g/mol. The summed E-state index contributed by atoms with van der Waals surface area (Å²) in [6.07, 6.45) is 1.25. The Labute approximate surface area is 81.5 Å². The number of hydrogen-bond acceptors (Lipinski definition) is 5.